The first-order chi connectivity index (χ1) is 14.5. The van der Waals surface area contributed by atoms with Crippen LogP contribution in [0.5, 0.6) is 0 Å². The number of hydrogen-bond donors (Lipinski definition) is 1. The Morgan fingerprint density at radius 2 is 1.93 bits per heavy atom. The van der Waals surface area contributed by atoms with Crippen LogP contribution in [-0.4, -0.2) is 27.0 Å². The summed E-state index contributed by atoms with van der Waals surface area (Å²) in [6, 6.07) is 13.3. The SMILES string of the molecule is Cc1ccccc1-c1noc(CN2C(=O)NC(C)(c3ccc4c(c3)CCC4)C2=O)n1. The summed E-state index contributed by atoms with van der Waals surface area (Å²) in [4.78, 5) is 31.4. The van der Waals surface area contributed by atoms with E-state index in [1.54, 1.807) is 6.92 Å². The molecule has 1 aromatic heterocycles. The maximum atomic E-state index is 13.2. The molecule has 7 nitrogen and oxygen atoms in total. The summed E-state index contributed by atoms with van der Waals surface area (Å²) in [5.74, 6) is 0.340. The molecule has 0 spiro atoms. The number of nitrogens with one attached hydrogen (secondary N) is 1. The van der Waals surface area contributed by atoms with Crippen molar-refractivity contribution in [3.05, 3.63) is 70.6 Å². The zero-order chi connectivity index (χ0) is 20.9. The van der Waals surface area contributed by atoms with Crippen molar-refractivity contribution in [1.29, 1.82) is 0 Å². The summed E-state index contributed by atoms with van der Waals surface area (Å²) in [5.41, 5.74) is 4.15. The third-order valence-electron chi connectivity index (χ3n) is 6.10. The van der Waals surface area contributed by atoms with Gasteiger partial charge in [-0.2, -0.15) is 4.98 Å². The fourth-order valence-corrected chi connectivity index (χ4v) is 4.31. The van der Waals surface area contributed by atoms with Crippen LogP contribution in [0.3, 0.4) is 0 Å². The molecule has 0 bridgehead atoms. The number of aromatic nitrogens is 2. The minimum absolute atomic E-state index is 0.0654. The zero-order valence-corrected chi connectivity index (χ0v) is 16.9. The average molecular weight is 402 g/mol. The topological polar surface area (TPSA) is 88.3 Å². The molecule has 5 rings (SSSR count). The summed E-state index contributed by atoms with van der Waals surface area (Å²) < 4.78 is 5.33. The number of benzene rings is 2. The van der Waals surface area contributed by atoms with Gasteiger partial charge in [0.05, 0.1) is 0 Å². The summed E-state index contributed by atoms with van der Waals surface area (Å²) in [6.45, 7) is 3.64. The van der Waals surface area contributed by atoms with Crippen LogP contribution in [0.2, 0.25) is 0 Å². The fourth-order valence-electron chi connectivity index (χ4n) is 4.31. The van der Waals surface area contributed by atoms with Gasteiger partial charge in [0.15, 0.2) is 0 Å². The van der Waals surface area contributed by atoms with E-state index in [1.165, 1.54) is 11.1 Å². The molecular weight excluding hydrogens is 380 g/mol. The van der Waals surface area contributed by atoms with E-state index in [4.69, 9.17) is 4.52 Å². The lowest BCUT2D eigenvalue weighted by molar-refractivity contribution is -0.131. The number of imide groups is 1. The molecular formula is C23H22N4O3. The first kappa shape index (κ1) is 18.5. The lowest BCUT2D eigenvalue weighted by Gasteiger charge is -2.22. The van der Waals surface area contributed by atoms with E-state index in [0.717, 1.165) is 40.9 Å². The van der Waals surface area contributed by atoms with Crippen molar-refractivity contribution in [2.75, 3.05) is 0 Å². The smallest absolute Gasteiger partial charge is 0.325 e. The molecule has 1 atom stereocenters. The van der Waals surface area contributed by atoms with Crippen LogP contribution in [0, 0.1) is 6.92 Å². The van der Waals surface area contributed by atoms with Crippen molar-refractivity contribution in [2.24, 2.45) is 0 Å². The Kier molecular flexibility index (Phi) is 4.20. The van der Waals surface area contributed by atoms with Gasteiger partial charge in [-0.25, -0.2) is 4.79 Å². The predicted molar refractivity (Wildman–Crippen MR) is 109 cm³/mol. The lowest BCUT2D eigenvalue weighted by atomic mass is 9.90. The second kappa shape index (κ2) is 6.79. The molecule has 2 aromatic carbocycles. The van der Waals surface area contributed by atoms with E-state index < -0.39 is 11.6 Å². The molecule has 2 aliphatic rings. The second-order valence-corrected chi connectivity index (χ2v) is 8.11. The molecule has 1 aliphatic heterocycles. The maximum absolute atomic E-state index is 13.2. The summed E-state index contributed by atoms with van der Waals surface area (Å²) >= 11 is 0. The predicted octanol–water partition coefficient (Wildman–Crippen LogP) is 3.50. The third kappa shape index (κ3) is 2.89. The van der Waals surface area contributed by atoms with Crippen molar-refractivity contribution < 1.29 is 14.1 Å². The minimum atomic E-state index is -1.10. The highest BCUT2D eigenvalue weighted by atomic mass is 16.5. The molecule has 152 valence electrons. The Labute approximate surface area is 174 Å². The van der Waals surface area contributed by atoms with Crippen LogP contribution in [0.15, 0.2) is 47.0 Å². The molecule has 7 heteroatoms. The molecule has 0 saturated carbocycles. The number of amides is 3. The standard InChI is InChI=1S/C23H22N4O3/c1-14-6-3-4-9-18(14)20-24-19(30-26-20)13-27-21(28)23(2,25-22(27)29)17-11-10-15-7-5-8-16(15)12-17/h3-4,6,9-12H,5,7-8,13H2,1-2H3,(H,25,29). The van der Waals surface area contributed by atoms with Crippen LogP contribution < -0.4 is 5.32 Å². The van der Waals surface area contributed by atoms with Gasteiger partial charge >= 0.3 is 6.03 Å². The Morgan fingerprint density at radius 1 is 1.13 bits per heavy atom. The summed E-state index contributed by atoms with van der Waals surface area (Å²) in [5, 5.41) is 6.87. The first-order valence-corrected chi connectivity index (χ1v) is 10.1. The molecule has 1 unspecified atom stereocenters. The van der Waals surface area contributed by atoms with Crippen molar-refractivity contribution >= 4 is 11.9 Å². The Balaban J connectivity index is 1.40. The van der Waals surface area contributed by atoms with Crippen LogP contribution in [-0.2, 0) is 29.7 Å². The monoisotopic (exact) mass is 402 g/mol. The van der Waals surface area contributed by atoms with E-state index in [9.17, 15) is 9.59 Å². The first-order valence-electron chi connectivity index (χ1n) is 10.1. The van der Waals surface area contributed by atoms with Crippen LogP contribution >= 0.6 is 0 Å². The third-order valence-corrected chi connectivity index (χ3v) is 6.10. The van der Waals surface area contributed by atoms with E-state index in [1.807, 2.05) is 43.3 Å². The largest absolute Gasteiger partial charge is 0.337 e. The van der Waals surface area contributed by atoms with Crippen LogP contribution in [0.25, 0.3) is 11.4 Å². The molecule has 1 N–H and O–H groups in total. The van der Waals surface area contributed by atoms with Gasteiger partial charge in [0, 0.05) is 5.56 Å². The van der Waals surface area contributed by atoms with Gasteiger partial charge in [-0.05, 0) is 55.4 Å². The number of hydrogen-bond acceptors (Lipinski definition) is 5. The van der Waals surface area contributed by atoms with Gasteiger partial charge in [-0.1, -0.05) is 47.6 Å². The number of urea groups is 1. The van der Waals surface area contributed by atoms with Gasteiger partial charge in [-0.15, -0.1) is 0 Å². The van der Waals surface area contributed by atoms with Gasteiger partial charge < -0.3 is 9.84 Å². The van der Waals surface area contributed by atoms with Crippen LogP contribution in [0.4, 0.5) is 4.79 Å². The van der Waals surface area contributed by atoms with E-state index in [0.29, 0.717) is 5.82 Å². The normalized spacial score (nSPS) is 20.5. The van der Waals surface area contributed by atoms with Crippen LogP contribution in [0.1, 0.15) is 41.5 Å². The van der Waals surface area contributed by atoms with Gasteiger partial charge in [-0.3, -0.25) is 9.69 Å². The molecule has 1 saturated heterocycles. The fraction of sp³-hybridized carbons (Fsp3) is 0.304. The molecule has 0 radical (unpaired) electrons. The van der Waals surface area contributed by atoms with Crippen molar-refractivity contribution in [3.8, 4) is 11.4 Å². The molecule has 1 aliphatic carbocycles. The number of fused-ring (bicyclic) bond motifs is 1. The number of nitrogens with zero attached hydrogens (tertiary/aromatic N) is 3. The number of carbonyl (C=O) groups is 2. The average Bonchev–Trinajstić information content (AvgIpc) is 3.44. The Hall–Kier alpha value is -3.48. The Morgan fingerprint density at radius 3 is 2.77 bits per heavy atom. The lowest BCUT2D eigenvalue weighted by Crippen LogP contribution is -2.41. The van der Waals surface area contributed by atoms with Crippen molar-refractivity contribution in [2.45, 2.75) is 45.2 Å². The Bertz CT molecular complexity index is 1170. The van der Waals surface area contributed by atoms with Gasteiger partial charge in [0.2, 0.25) is 11.7 Å². The highest BCUT2D eigenvalue weighted by Crippen LogP contribution is 2.33. The highest BCUT2D eigenvalue weighted by molar-refractivity contribution is 6.07. The van der Waals surface area contributed by atoms with E-state index in [2.05, 4.69) is 21.5 Å². The second-order valence-electron chi connectivity index (χ2n) is 8.11. The maximum Gasteiger partial charge on any atom is 0.325 e. The number of rotatable bonds is 4. The molecule has 30 heavy (non-hydrogen) atoms. The highest BCUT2D eigenvalue weighted by Gasteiger charge is 2.49. The quantitative estimate of drug-likeness (QED) is 0.675. The molecule has 1 fully saturated rings. The zero-order valence-electron chi connectivity index (χ0n) is 16.9. The van der Waals surface area contributed by atoms with Gasteiger partial charge in [0.25, 0.3) is 5.91 Å². The molecule has 3 aromatic rings. The van der Waals surface area contributed by atoms with Crippen molar-refractivity contribution in [3.63, 3.8) is 0 Å². The molecule has 3 amide bonds. The van der Waals surface area contributed by atoms with Gasteiger partial charge in [0.1, 0.15) is 12.1 Å². The number of aryl methyl sites for hydroxylation is 3. The van der Waals surface area contributed by atoms with E-state index in [-0.39, 0.29) is 18.3 Å². The van der Waals surface area contributed by atoms with E-state index >= 15 is 0 Å². The minimum Gasteiger partial charge on any atom is -0.337 e. The summed E-state index contributed by atoms with van der Waals surface area (Å²) in [7, 11) is 0. The summed E-state index contributed by atoms with van der Waals surface area (Å²) in [6.07, 6.45) is 3.20. The van der Waals surface area contributed by atoms with Crippen molar-refractivity contribution in [1.82, 2.24) is 20.4 Å². The molecule has 2 heterocycles. The number of carbonyl (C=O) groups excluding carboxylic acids is 2.